The monoisotopic (exact) mass is 332 g/mol. The van der Waals surface area contributed by atoms with Crippen molar-refractivity contribution in [2.45, 2.75) is 52.7 Å². The summed E-state index contributed by atoms with van der Waals surface area (Å²) in [6.45, 7) is 13.6. The molecule has 2 rings (SSSR count). The zero-order valence-corrected chi connectivity index (χ0v) is 15.8. The van der Waals surface area contributed by atoms with Gasteiger partial charge in [-0.05, 0) is 50.4 Å². The van der Waals surface area contributed by atoms with E-state index in [9.17, 15) is 4.79 Å². The number of rotatable bonds is 6. The second-order valence-corrected chi connectivity index (χ2v) is 7.50. The standard InChI is InChI=1S/C20H32N2O2/c1-15(2)10-11-22-16(3)12-21(13-17(22)4)14-18-6-8-19(9-7-18)20(23)24-5/h6-9,15-17H,10-14H2,1-5H3/t16-,17+. The molecule has 4 heteroatoms. The van der Waals surface area contributed by atoms with Crippen molar-refractivity contribution in [3.63, 3.8) is 0 Å². The lowest BCUT2D eigenvalue weighted by molar-refractivity contribution is 0.0320. The summed E-state index contributed by atoms with van der Waals surface area (Å²) in [6.07, 6.45) is 1.27. The average Bonchev–Trinajstić information content (AvgIpc) is 2.53. The number of methoxy groups -OCH3 is 1. The van der Waals surface area contributed by atoms with Gasteiger partial charge in [0.05, 0.1) is 12.7 Å². The molecule has 24 heavy (non-hydrogen) atoms. The second-order valence-electron chi connectivity index (χ2n) is 7.50. The number of nitrogens with zero attached hydrogens (tertiary/aromatic N) is 2. The maximum atomic E-state index is 11.5. The fraction of sp³-hybridized carbons (Fsp3) is 0.650. The molecule has 0 saturated carbocycles. The number of hydrogen-bond acceptors (Lipinski definition) is 4. The Bertz CT molecular complexity index is 515. The van der Waals surface area contributed by atoms with Crippen LogP contribution in [-0.4, -0.2) is 54.6 Å². The maximum absolute atomic E-state index is 11.5. The fourth-order valence-corrected chi connectivity index (χ4v) is 3.57. The molecule has 1 saturated heterocycles. The van der Waals surface area contributed by atoms with Crippen molar-refractivity contribution in [1.29, 1.82) is 0 Å². The molecule has 0 amide bonds. The van der Waals surface area contributed by atoms with Crippen LogP contribution in [0.15, 0.2) is 24.3 Å². The molecule has 1 aromatic carbocycles. The lowest BCUT2D eigenvalue weighted by atomic mass is 10.0. The van der Waals surface area contributed by atoms with E-state index in [0.29, 0.717) is 17.6 Å². The minimum Gasteiger partial charge on any atom is -0.465 e. The summed E-state index contributed by atoms with van der Waals surface area (Å²) < 4.78 is 4.75. The van der Waals surface area contributed by atoms with E-state index in [1.54, 1.807) is 0 Å². The Kier molecular flexibility index (Phi) is 6.81. The number of esters is 1. The predicted octanol–water partition coefficient (Wildman–Crippen LogP) is 3.41. The van der Waals surface area contributed by atoms with Crippen LogP contribution in [0.2, 0.25) is 0 Å². The first-order valence-electron chi connectivity index (χ1n) is 9.06. The number of benzene rings is 1. The highest BCUT2D eigenvalue weighted by Crippen LogP contribution is 2.19. The van der Waals surface area contributed by atoms with Crippen LogP contribution in [0.4, 0.5) is 0 Å². The third-order valence-electron chi connectivity index (χ3n) is 4.92. The quantitative estimate of drug-likeness (QED) is 0.747. The first-order chi connectivity index (χ1) is 11.4. The fourth-order valence-electron chi connectivity index (χ4n) is 3.57. The Morgan fingerprint density at radius 3 is 2.25 bits per heavy atom. The van der Waals surface area contributed by atoms with Gasteiger partial charge in [-0.15, -0.1) is 0 Å². The van der Waals surface area contributed by atoms with Gasteiger partial charge in [0, 0.05) is 31.7 Å². The highest BCUT2D eigenvalue weighted by Gasteiger charge is 2.29. The van der Waals surface area contributed by atoms with Crippen LogP contribution in [0.1, 0.15) is 50.0 Å². The van der Waals surface area contributed by atoms with E-state index in [0.717, 1.165) is 25.6 Å². The van der Waals surface area contributed by atoms with Crippen LogP contribution in [0.25, 0.3) is 0 Å². The van der Waals surface area contributed by atoms with Crippen molar-refractivity contribution < 1.29 is 9.53 Å². The molecule has 134 valence electrons. The van der Waals surface area contributed by atoms with Crippen LogP contribution in [0.5, 0.6) is 0 Å². The van der Waals surface area contributed by atoms with Gasteiger partial charge in [0.2, 0.25) is 0 Å². The molecular formula is C20H32N2O2. The van der Waals surface area contributed by atoms with Crippen LogP contribution in [0.3, 0.4) is 0 Å². The third-order valence-corrected chi connectivity index (χ3v) is 4.92. The molecule has 1 aliphatic rings. The zero-order chi connectivity index (χ0) is 17.7. The van der Waals surface area contributed by atoms with Crippen molar-refractivity contribution in [1.82, 2.24) is 9.80 Å². The van der Waals surface area contributed by atoms with Gasteiger partial charge >= 0.3 is 5.97 Å². The summed E-state index contributed by atoms with van der Waals surface area (Å²) in [5, 5.41) is 0. The molecule has 0 spiro atoms. The predicted molar refractivity (Wildman–Crippen MR) is 98.1 cm³/mol. The van der Waals surface area contributed by atoms with Gasteiger partial charge < -0.3 is 4.74 Å². The van der Waals surface area contributed by atoms with Gasteiger partial charge in [0.15, 0.2) is 0 Å². The molecule has 0 radical (unpaired) electrons. The largest absolute Gasteiger partial charge is 0.465 e. The third kappa shape index (κ3) is 5.05. The maximum Gasteiger partial charge on any atom is 0.337 e. The Balaban J connectivity index is 1.91. The normalized spacial score (nSPS) is 22.8. The van der Waals surface area contributed by atoms with Crippen molar-refractivity contribution in [3.8, 4) is 0 Å². The van der Waals surface area contributed by atoms with Gasteiger partial charge in [0.1, 0.15) is 0 Å². The SMILES string of the molecule is COC(=O)c1ccc(CN2C[C@@H](C)N(CCC(C)C)[C@@H](C)C2)cc1. The van der Waals surface area contributed by atoms with Gasteiger partial charge in [-0.25, -0.2) is 4.79 Å². The van der Waals surface area contributed by atoms with Crippen LogP contribution < -0.4 is 0 Å². The van der Waals surface area contributed by atoms with Crippen molar-refractivity contribution in [2.75, 3.05) is 26.7 Å². The van der Waals surface area contributed by atoms with Crippen molar-refractivity contribution in [3.05, 3.63) is 35.4 Å². The highest BCUT2D eigenvalue weighted by molar-refractivity contribution is 5.89. The molecule has 0 N–H and O–H groups in total. The van der Waals surface area contributed by atoms with Gasteiger partial charge in [-0.1, -0.05) is 26.0 Å². The molecule has 1 aliphatic heterocycles. The van der Waals surface area contributed by atoms with E-state index >= 15 is 0 Å². The number of piperazine rings is 1. The minimum atomic E-state index is -0.275. The van der Waals surface area contributed by atoms with E-state index in [-0.39, 0.29) is 5.97 Å². The van der Waals surface area contributed by atoms with Crippen LogP contribution in [-0.2, 0) is 11.3 Å². The first-order valence-corrected chi connectivity index (χ1v) is 9.06. The molecule has 0 bridgehead atoms. The summed E-state index contributed by atoms with van der Waals surface area (Å²) >= 11 is 0. The Morgan fingerprint density at radius 2 is 1.75 bits per heavy atom. The smallest absolute Gasteiger partial charge is 0.337 e. The molecule has 4 nitrogen and oxygen atoms in total. The first kappa shape index (κ1) is 18.9. The number of carbonyl (C=O) groups excluding carboxylic acids is 1. The Morgan fingerprint density at radius 1 is 1.17 bits per heavy atom. The van der Waals surface area contributed by atoms with Crippen molar-refractivity contribution >= 4 is 5.97 Å². The summed E-state index contributed by atoms with van der Waals surface area (Å²) in [6, 6.07) is 8.95. The molecule has 2 atom stereocenters. The lowest BCUT2D eigenvalue weighted by Crippen LogP contribution is -2.56. The van der Waals surface area contributed by atoms with E-state index in [2.05, 4.69) is 37.5 Å². The van der Waals surface area contributed by atoms with E-state index in [1.807, 2.05) is 24.3 Å². The summed E-state index contributed by atoms with van der Waals surface area (Å²) in [4.78, 5) is 16.7. The summed E-state index contributed by atoms with van der Waals surface area (Å²) in [5.41, 5.74) is 1.86. The van der Waals surface area contributed by atoms with Gasteiger partial charge in [-0.3, -0.25) is 9.80 Å². The van der Waals surface area contributed by atoms with Crippen LogP contribution in [0, 0.1) is 5.92 Å². The van der Waals surface area contributed by atoms with Crippen LogP contribution >= 0.6 is 0 Å². The zero-order valence-electron chi connectivity index (χ0n) is 15.8. The van der Waals surface area contributed by atoms with Crippen molar-refractivity contribution in [2.24, 2.45) is 5.92 Å². The molecular weight excluding hydrogens is 300 g/mol. The molecule has 1 aromatic rings. The van der Waals surface area contributed by atoms with Gasteiger partial charge in [0.25, 0.3) is 0 Å². The van der Waals surface area contributed by atoms with Gasteiger partial charge in [-0.2, -0.15) is 0 Å². The highest BCUT2D eigenvalue weighted by atomic mass is 16.5. The second kappa shape index (κ2) is 8.63. The Labute approximate surface area is 146 Å². The summed E-state index contributed by atoms with van der Waals surface area (Å²) in [7, 11) is 1.41. The summed E-state index contributed by atoms with van der Waals surface area (Å²) in [5.74, 6) is 0.485. The van der Waals surface area contributed by atoms with E-state index in [1.165, 1.54) is 25.6 Å². The van der Waals surface area contributed by atoms with E-state index < -0.39 is 0 Å². The number of ether oxygens (including phenoxy) is 1. The number of carbonyl (C=O) groups is 1. The molecule has 1 heterocycles. The lowest BCUT2D eigenvalue weighted by Gasteiger charge is -2.45. The van der Waals surface area contributed by atoms with E-state index in [4.69, 9.17) is 4.74 Å². The molecule has 0 aliphatic carbocycles. The molecule has 0 aromatic heterocycles. The molecule has 1 fully saturated rings. The molecule has 0 unspecified atom stereocenters. The topological polar surface area (TPSA) is 32.8 Å². The average molecular weight is 332 g/mol. The Hall–Kier alpha value is -1.39. The number of hydrogen-bond donors (Lipinski definition) is 0. The minimum absolute atomic E-state index is 0.275.